The van der Waals surface area contributed by atoms with Crippen molar-refractivity contribution in [3.05, 3.63) is 0 Å². The normalized spacial score (nSPS) is 20.3. The molecule has 6 N–H and O–H groups in total. The number of aliphatic carboxylic acids is 1. The van der Waals surface area contributed by atoms with Crippen LogP contribution < -0.4 is 16.4 Å². The first kappa shape index (κ1) is 20.1. The van der Waals surface area contributed by atoms with Crippen molar-refractivity contribution in [2.24, 2.45) is 11.7 Å². The Morgan fingerprint density at radius 1 is 1.50 bits per heavy atom. The van der Waals surface area contributed by atoms with Gasteiger partial charge in [-0.3, -0.25) is 9.59 Å². The van der Waals surface area contributed by atoms with Crippen LogP contribution in [0.1, 0.15) is 12.8 Å². The number of hydrogen-bond donors (Lipinski definition) is 5. The molecule has 1 rings (SSSR count). The van der Waals surface area contributed by atoms with Gasteiger partial charge in [0.25, 0.3) is 0 Å². The Bertz CT molecular complexity index is 416. The molecule has 0 bridgehead atoms. The lowest BCUT2D eigenvalue weighted by Crippen LogP contribution is -2.46. The maximum atomic E-state index is 11.2. The molecular formula is C11H18F3N3O5. The summed E-state index contributed by atoms with van der Waals surface area (Å²) in [6.45, 7) is 0.645. The first-order chi connectivity index (χ1) is 10.0. The minimum absolute atomic E-state index is 0.0467. The Morgan fingerprint density at radius 2 is 2.00 bits per heavy atom. The van der Waals surface area contributed by atoms with Crippen LogP contribution in [-0.4, -0.2) is 59.9 Å². The van der Waals surface area contributed by atoms with Crippen LogP contribution in [0.2, 0.25) is 0 Å². The topological polar surface area (TPSA) is 142 Å². The lowest BCUT2D eigenvalue weighted by Gasteiger charge is -2.19. The zero-order chi connectivity index (χ0) is 17.5. The third-order valence-corrected chi connectivity index (χ3v) is 2.88. The van der Waals surface area contributed by atoms with E-state index in [0.717, 1.165) is 0 Å². The van der Waals surface area contributed by atoms with E-state index >= 15 is 0 Å². The monoisotopic (exact) mass is 329 g/mol. The summed E-state index contributed by atoms with van der Waals surface area (Å²) in [4.78, 5) is 31.2. The van der Waals surface area contributed by atoms with Crippen LogP contribution >= 0.6 is 0 Å². The Morgan fingerprint density at radius 3 is 2.32 bits per heavy atom. The summed E-state index contributed by atoms with van der Waals surface area (Å²) in [7, 11) is 1.43. The molecular weight excluding hydrogens is 311 g/mol. The highest BCUT2D eigenvalue weighted by molar-refractivity contribution is 5.82. The van der Waals surface area contributed by atoms with Gasteiger partial charge in [0.05, 0.1) is 0 Å². The van der Waals surface area contributed by atoms with Crippen molar-refractivity contribution < 1.29 is 37.8 Å². The molecule has 11 heteroatoms. The number of halogens is 3. The fourth-order valence-corrected chi connectivity index (χ4v) is 1.67. The summed E-state index contributed by atoms with van der Waals surface area (Å²) < 4.78 is 31.7. The fourth-order valence-electron chi connectivity index (χ4n) is 1.67. The van der Waals surface area contributed by atoms with Gasteiger partial charge in [0.1, 0.15) is 6.10 Å². The molecule has 1 unspecified atom stereocenters. The Kier molecular flexibility index (Phi) is 7.81. The lowest BCUT2D eigenvalue weighted by atomic mass is 9.95. The summed E-state index contributed by atoms with van der Waals surface area (Å²) in [6.07, 6.45) is -5.28. The lowest BCUT2D eigenvalue weighted by molar-refractivity contribution is -0.192. The number of amides is 2. The predicted molar refractivity (Wildman–Crippen MR) is 67.5 cm³/mol. The molecule has 1 aliphatic heterocycles. The molecule has 128 valence electrons. The average Bonchev–Trinajstić information content (AvgIpc) is 2.82. The number of likely N-dealkylation sites (N-methyl/N-ethyl adjacent to an activating group) is 1. The number of carbonyl (C=O) groups is 3. The maximum Gasteiger partial charge on any atom is 0.490 e. The number of alkyl halides is 3. The van der Waals surface area contributed by atoms with Gasteiger partial charge in [0.2, 0.25) is 11.8 Å². The summed E-state index contributed by atoms with van der Waals surface area (Å²) in [5.41, 5.74) is 5.64. The van der Waals surface area contributed by atoms with E-state index in [9.17, 15) is 27.9 Å². The first-order valence-electron chi connectivity index (χ1n) is 6.23. The number of rotatable bonds is 4. The highest BCUT2D eigenvalue weighted by Gasteiger charge is 2.38. The number of carboxylic acid groups (broad SMARTS) is 1. The molecule has 0 spiro atoms. The molecule has 0 aromatic rings. The molecule has 8 nitrogen and oxygen atoms in total. The van der Waals surface area contributed by atoms with Crippen molar-refractivity contribution in [2.45, 2.75) is 31.2 Å². The van der Waals surface area contributed by atoms with Gasteiger partial charge in [-0.2, -0.15) is 13.2 Å². The fraction of sp³-hybridized carbons (Fsp3) is 0.727. The SMILES string of the molecule is CNC(=O)C(O)[C@@H](N)C[C@@H]1CCNC1=O.O=C(O)C(F)(F)F. The number of aliphatic hydroxyl groups excluding tert-OH is 1. The molecule has 0 aromatic heterocycles. The van der Waals surface area contributed by atoms with Gasteiger partial charge in [0, 0.05) is 25.6 Å². The third-order valence-electron chi connectivity index (χ3n) is 2.88. The zero-order valence-electron chi connectivity index (χ0n) is 11.7. The second-order valence-electron chi connectivity index (χ2n) is 4.54. The zero-order valence-corrected chi connectivity index (χ0v) is 11.7. The number of hydrogen-bond acceptors (Lipinski definition) is 5. The summed E-state index contributed by atoms with van der Waals surface area (Å²) in [5.74, 6) is -3.50. The maximum absolute atomic E-state index is 11.2. The molecule has 3 atom stereocenters. The Balaban J connectivity index is 0.000000534. The van der Waals surface area contributed by atoms with Crippen LogP contribution in [0.15, 0.2) is 0 Å². The van der Waals surface area contributed by atoms with Crippen molar-refractivity contribution in [1.29, 1.82) is 0 Å². The van der Waals surface area contributed by atoms with Crippen LogP contribution in [0, 0.1) is 5.92 Å². The van der Waals surface area contributed by atoms with E-state index in [4.69, 9.17) is 15.6 Å². The summed E-state index contributed by atoms with van der Waals surface area (Å²) in [6, 6.07) is -0.696. The van der Waals surface area contributed by atoms with Crippen molar-refractivity contribution in [3.8, 4) is 0 Å². The Hall–Kier alpha value is -1.88. The molecule has 22 heavy (non-hydrogen) atoms. The smallest absolute Gasteiger partial charge is 0.475 e. The molecule has 1 aliphatic rings. The second kappa shape index (κ2) is 8.54. The van der Waals surface area contributed by atoms with Crippen molar-refractivity contribution in [1.82, 2.24) is 10.6 Å². The molecule has 1 heterocycles. The second-order valence-corrected chi connectivity index (χ2v) is 4.54. The van der Waals surface area contributed by atoms with E-state index in [-0.39, 0.29) is 11.8 Å². The summed E-state index contributed by atoms with van der Waals surface area (Å²) >= 11 is 0. The van der Waals surface area contributed by atoms with E-state index in [2.05, 4.69) is 10.6 Å². The van der Waals surface area contributed by atoms with Crippen molar-refractivity contribution >= 4 is 17.8 Å². The van der Waals surface area contributed by atoms with Gasteiger partial charge in [-0.1, -0.05) is 0 Å². The van der Waals surface area contributed by atoms with Crippen LogP contribution in [0.5, 0.6) is 0 Å². The van der Waals surface area contributed by atoms with Gasteiger partial charge in [-0.15, -0.1) is 0 Å². The minimum Gasteiger partial charge on any atom is -0.475 e. The Labute approximate surface area is 123 Å². The van der Waals surface area contributed by atoms with Crippen LogP contribution in [0.25, 0.3) is 0 Å². The molecule has 0 radical (unpaired) electrons. The van der Waals surface area contributed by atoms with Crippen LogP contribution in [0.3, 0.4) is 0 Å². The third kappa shape index (κ3) is 6.72. The highest BCUT2D eigenvalue weighted by atomic mass is 19.4. The van der Waals surface area contributed by atoms with Gasteiger partial charge >= 0.3 is 12.1 Å². The van der Waals surface area contributed by atoms with Gasteiger partial charge in [-0.05, 0) is 12.8 Å². The largest absolute Gasteiger partial charge is 0.490 e. The molecule has 2 amide bonds. The van der Waals surface area contributed by atoms with E-state index in [1.54, 1.807) is 0 Å². The van der Waals surface area contributed by atoms with E-state index in [1.165, 1.54) is 7.05 Å². The summed E-state index contributed by atoms with van der Waals surface area (Å²) in [5, 5.41) is 21.6. The van der Waals surface area contributed by atoms with Crippen LogP contribution in [0.4, 0.5) is 13.2 Å². The van der Waals surface area contributed by atoms with E-state index in [1.807, 2.05) is 0 Å². The highest BCUT2D eigenvalue weighted by Crippen LogP contribution is 2.16. The van der Waals surface area contributed by atoms with Gasteiger partial charge in [0.15, 0.2) is 0 Å². The molecule has 0 aromatic carbocycles. The number of carbonyl (C=O) groups excluding carboxylic acids is 2. The number of aliphatic hydroxyl groups is 1. The molecule has 1 fully saturated rings. The number of nitrogens with two attached hydrogens (primary N) is 1. The molecule has 0 saturated carbocycles. The minimum atomic E-state index is -5.08. The van der Waals surface area contributed by atoms with Crippen molar-refractivity contribution in [2.75, 3.05) is 13.6 Å². The number of carboxylic acids is 1. The van der Waals surface area contributed by atoms with Gasteiger partial charge < -0.3 is 26.6 Å². The first-order valence-corrected chi connectivity index (χ1v) is 6.23. The molecule has 0 aliphatic carbocycles. The standard InChI is InChI=1S/C9H17N3O3.C2HF3O2/c1-11-9(15)7(13)6(10)4-5-2-3-12-8(5)14;3-2(4,5)1(6)7/h5-7,13H,2-4,10H2,1H3,(H,11,15)(H,12,14);(H,6,7)/t5-,6-,7?;/m0./s1. The van der Waals surface area contributed by atoms with Crippen molar-refractivity contribution in [3.63, 3.8) is 0 Å². The quantitative estimate of drug-likeness (QED) is 0.428. The van der Waals surface area contributed by atoms with E-state index < -0.39 is 30.2 Å². The number of nitrogens with one attached hydrogen (secondary N) is 2. The van der Waals surface area contributed by atoms with Crippen LogP contribution in [-0.2, 0) is 14.4 Å². The van der Waals surface area contributed by atoms with Gasteiger partial charge in [-0.25, -0.2) is 4.79 Å². The van der Waals surface area contributed by atoms with E-state index in [0.29, 0.717) is 19.4 Å². The predicted octanol–water partition coefficient (Wildman–Crippen LogP) is -1.42. The average molecular weight is 329 g/mol. The molecule has 1 saturated heterocycles.